The summed E-state index contributed by atoms with van der Waals surface area (Å²) in [5.41, 5.74) is 20.7. The van der Waals surface area contributed by atoms with Crippen LogP contribution in [0.3, 0.4) is 0 Å². The van der Waals surface area contributed by atoms with Crippen molar-refractivity contribution in [2.75, 3.05) is 4.90 Å². The third-order valence-electron chi connectivity index (χ3n) is 11.9. The second kappa shape index (κ2) is 13.0. The molecular formula is C55H37N. The molecule has 0 saturated carbocycles. The number of nitrogens with zero attached hydrogens (tertiary/aromatic N) is 1. The van der Waals surface area contributed by atoms with Gasteiger partial charge in [-0.1, -0.05) is 188 Å². The van der Waals surface area contributed by atoms with Crippen LogP contribution in [0.25, 0.3) is 55.6 Å². The zero-order valence-electron chi connectivity index (χ0n) is 30.8. The molecule has 0 saturated heterocycles. The lowest BCUT2D eigenvalue weighted by Crippen LogP contribution is -2.26. The number of anilines is 3. The van der Waals surface area contributed by atoms with Crippen molar-refractivity contribution in [3.63, 3.8) is 0 Å². The van der Waals surface area contributed by atoms with Crippen molar-refractivity contribution in [2.24, 2.45) is 0 Å². The van der Waals surface area contributed by atoms with Crippen LogP contribution in [0, 0.1) is 0 Å². The highest BCUT2D eigenvalue weighted by Crippen LogP contribution is 2.63. The fourth-order valence-corrected chi connectivity index (χ4v) is 9.49. The molecule has 0 amide bonds. The van der Waals surface area contributed by atoms with Crippen LogP contribution < -0.4 is 4.90 Å². The number of fused-ring (bicyclic) bond motifs is 10. The number of benzene rings is 9. The van der Waals surface area contributed by atoms with Gasteiger partial charge < -0.3 is 4.90 Å². The van der Waals surface area contributed by atoms with Gasteiger partial charge in [-0.05, 0) is 109 Å². The monoisotopic (exact) mass is 711 g/mol. The average molecular weight is 712 g/mol. The summed E-state index contributed by atoms with van der Waals surface area (Å²) in [5, 5.41) is 0. The summed E-state index contributed by atoms with van der Waals surface area (Å²) in [4.78, 5) is 2.46. The van der Waals surface area contributed by atoms with Gasteiger partial charge in [0.25, 0.3) is 0 Å². The van der Waals surface area contributed by atoms with Gasteiger partial charge in [0.05, 0.1) is 11.1 Å². The van der Waals surface area contributed by atoms with E-state index in [9.17, 15) is 0 Å². The van der Waals surface area contributed by atoms with Gasteiger partial charge in [-0.3, -0.25) is 0 Å². The molecule has 0 heterocycles. The van der Waals surface area contributed by atoms with Crippen LogP contribution in [-0.4, -0.2) is 0 Å². The highest BCUT2D eigenvalue weighted by molar-refractivity contribution is 5.97. The molecule has 56 heavy (non-hydrogen) atoms. The highest BCUT2D eigenvalue weighted by Gasteiger charge is 2.51. The molecule has 9 aromatic carbocycles. The molecule has 0 aliphatic heterocycles. The lowest BCUT2D eigenvalue weighted by molar-refractivity contribution is 0.793. The molecule has 0 unspecified atom stereocenters. The highest BCUT2D eigenvalue weighted by atomic mass is 15.1. The lowest BCUT2D eigenvalue weighted by atomic mass is 9.70. The smallest absolute Gasteiger partial charge is 0.0726 e. The van der Waals surface area contributed by atoms with E-state index in [2.05, 4.69) is 229 Å². The van der Waals surface area contributed by atoms with Crippen molar-refractivity contribution in [1.82, 2.24) is 0 Å². The standard InChI is InChI=1S/C55H37N/c1-3-16-38(17-4-1)40-30-32-43(33-31-40)56(54-29-14-10-22-45(54)42-21-15-20-41(36-42)39-18-5-2-6-19-39)44-34-35-49-48-25-9-13-28-52(48)55(53(49)37-44)50-26-11-7-23-46(50)47-24-8-12-27-51(47)55/h1-37H. The van der Waals surface area contributed by atoms with Gasteiger partial charge in [0.15, 0.2) is 0 Å². The van der Waals surface area contributed by atoms with Crippen LogP contribution in [0.1, 0.15) is 22.3 Å². The zero-order chi connectivity index (χ0) is 37.1. The molecule has 0 radical (unpaired) electrons. The predicted octanol–water partition coefficient (Wildman–Crippen LogP) is 14.5. The van der Waals surface area contributed by atoms with Crippen molar-refractivity contribution >= 4 is 17.1 Å². The quantitative estimate of drug-likeness (QED) is 0.166. The molecule has 9 aromatic rings. The number of rotatable bonds is 6. The average Bonchev–Trinajstić information content (AvgIpc) is 3.75. The molecule has 0 fully saturated rings. The Balaban J connectivity index is 1.15. The number of hydrogen-bond donors (Lipinski definition) is 0. The molecular weight excluding hydrogens is 675 g/mol. The summed E-state index contributed by atoms with van der Waals surface area (Å²) >= 11 is 0. The van der Waals surface area contributed by atoms with E-state index in [4.69, 9.17) is 0 Å². The Morgan fingerprint density at radius 1 is 0.250 bits per heavy atom. The van der Waals surface area contributed by atoms with E-state index in [1.807, 2.05) is 0 Å². The Morgan fingerprint density at radius 3 is 1.29 bits per heavy atom. The van der Waals surface area contributed by atoms with Gasteiger partial charge >= 0.3 is 0 Å². The molecule has 11 rings (SSSR count). The van der Waals surface area contributed by atoms with Gasteiger partial charge in [0, 0.05) is 16.9 Å². The summed E-state index contributed by atoms with van der Waals surface area (Å²) in [6, 6.07) is 82.4. The normalized spacial score (nSPS) is 12.8. The van der Waals surface area contributed by atoms with Crippen LogP contribution in [0.4, 0.5) is 17.1 Å². The summed E-state index contributed by atoms with van der Waals surface area (Å²) in [6.45, 7) is 0. The molecule has 0 aromatic heterocycles. The molecule has 0 atom stereocenters. The Hall–Kier alpha value is -7.22. The van der Waals surface area contributed by atoms with Gasteiger partial charge in [-0.25, -0.2) is 0 Å². The Kier molecular flexibility index (Phi) is 7.47. The first kappa shape index (κ1) is 32.2. The first-order valence-electron chi connectivity index (χ1n) is 19.4. The topological polar surface area (TPSA) is 3.24 Å². The molecule has 0 N–H and O–H groups in total. The molecule has 1 spiro atoms. The minimum atomic E-state index is -0.429. The second-order valence-electron chi connectivity index (χ2n) is 14.8. The maximum absolute atomic E-state index is 2.48. The van der Waals surface area contributed by atoms with Crippen molar-refractivity contribution in [1.29, 1.82) is 0 Å². The van der Waals surface area contributed by atoms with Crippen molar-refractivity contribution in [3.05, 3.63) is 247 Å². The summed E-state index contributed by atoms with van der Waals surface area (Å²) < 4.78 is 0. The third kappa shape index (κ3) is 4.88. The van der Waals surface area contributed by atoms with Gasteiger partial charge in [0.1, 0.15) is 0 Å². The number of para-hydroxylation sites is 1. The van der Waals surface area contributed by atoms with Crippen LogP contribution in [-0.2, 0) is 5.41 Å². The fourth-order valence-electron chi connectivity index (χ4n) is 9.49. The van der Waals surface area contributed by atoms with E-state index < -0.39 is 5.41 Å². The maximum atomic E-state index is 2.48. The van der Waals surface area contributed by atoms with E-state index >= 15 is 0 Å². The molecule has 1 nitrogen and oxygen atoms in total. The molecule has 262 valence electrons. The first-order chi connectivity index (χ1) is 27.8. The minimum absolute atomic E-state index is 0.429. The van der Waals surface area contributed by atoms with Crippen molar-refractivity contribution in [3.8, 4) is 55.6 Å². The van der Waals surface area contributed by atoms with E-state index in [1.165, 1.54) is 77.9 Å². The summed E-state index contributed by atoms with van der Waals surface area (Å²) in [7, 11) is 0. The van der Waals surface area contributed by atoms with Crippen molar-refractivity contribution < 1.29 is 0 Å². The zero-order valence-corrected chi connectivity index (χ0v) is 30.8. The second-order valence-corrected chi connectivity index (χ2v) is 14.8. The Bertz CT molecular complexity index is 2840. The third-order valence-corrected chi connectivity index (χ3v) is 11.9. The maximum Gasteiger partial charge on any atom is 0.0726 e. The van der Waals surface area contributed by atoms with Crippen LogP contribution in [0.2, 0.25) is 0 Å². The van der Waals surface area contributed by atoms with Crippen molar-refractivity contribution in [2.45, 2.75) is 5.41 Å². The predicted molar refractivity (Wildman–Crippen MR) is 234 cm³/mol. The molecule has 2 aliphatic rings. The molecule has 0 bridgehead atoms. The van der Waals surface area contributed by atoms with E-state index in [0.29, 0.717) is 0 Å². The molecule has 1 heteroatoms. The fraction of sp³-hybridized carbons (Fsp3) is 0.0182. The Morgan fingerprint density at radius 2 is 0.679 bits per heavy atom. The molecule has 2 aliphatic carbocycles. The Labute approximate surface area is 328 Å². The summed E-state index contributed by atoms with van der Waals surface area (Å²) in [5.74, 6) is 0. The van der Waals surface area contributed by atoms with Crippen LogP contribution in [0.5, 0.6) is 0 Å². The minimum Gasteiger partial charge on any atom is -0.310 e. The van der Waals surface area contributed by atoms with Crippen LogP contribution >= 0.6 is 0 Å². The van der Waals surface area contributed by atoms with Gasteiger partial charge in [0.2, 0.25) is 0 Å². The largest absolute Gasteiger partial charge is 0.310 e. The van der Waals surface area contributed by atoms with Gasteiger partial charge in [-0.15, -0.1) is 0 Å². The summed E-state index contributed by atoms with van der Waals surface area (Å²) in [6.07, 6.45) is 0. The van der Waals surface area contributed by atoms with E-state index in [0.717, 1.165) is 17.1 Å². The first-order valence-corrected chi connectivity index (χ1v) is 19.4. The number of hydrogen-bond acceptors (Lipinski definition) is 1. The van der Waals surface area contributed by atoms with E-state index in [1.54, 1.807) is 0 Å². The SMILES string of the molecule is c1ccc(-c2ccc(N(c3ccc4c(c3)C3(c5ccccc5-c5ccccc53)c3ccccc3-4)c3ccccc3-c3cccc(-c4ccccc4)c3)cc2)cc1. The van der Waals surface area contributed by atoms with Crippen LogP contribution in [0.15, 0.2) is 224 Å². The van der Waals surface area contributed by atoms with Gasteiger partial charge in [-0.2, -0.15) is 0 Å². The van der Waals surface area contributed by atoms with E-state index in [-0.39, 0.29) is 0 Å². The lowest BCUT2D eigenvalue weighted by Gasteiger charge is -2.32.